The molecule has 1 rings (SSSR count). The van der Waals surface area contributed by atoms with Crippen LogP contribution < -0.4 is 4.72 Å². The Labute approximate surface area is 79.4 Å². The molecule has 1 aliphatic rings. The zero-order valence-electron chi connectivity index (χ0n) is 7.70. The molecule has 0 bridgehead atoms. The molecule has 0 radical (unpaired) electrons. The van der Waals surface area contributed by atoms with E-state index >= 15 is 0 Å². The maximum absolute atomic E-state index is 11.3. The highest BCUT2D eigenvalue weighted by molar-refractivity contribution is 7.89. The number of aliphatic hydroxyl groups excluding tert-OH is 1. The summed E-state index contributed by atoms with van der Waals surface area (Å²) in [5.74, 6) is 0.682. The molecule has 78 valence electrons. The van der Waals surface area contributed by atoms with Crippen molar-refractivity contribution in [1.82, 2.24) is 4.72 Å². The molecular formula is C8H17NO3S. The zero-order valence-corrected chi connectivity index (χ0v) is 8.52. The van der Waals surface area contributed by atoms with E-state index in [0.717, 1.165) is 12.8 Å². The minimum absolute atomic E-state index is 0.129. The van der Waals surface area contributed by atoms with Gasteiger partial charge in [0.15, 0.2) is 0 Å². The molecule has 5 heteroatoms. The average molecular weight is 207 g/mol. The highest BCUT2D eigenvalue weighted by Crippen LogP contribution is 2.29. The molecule has 0 unspecified atom stereocenters. The zero-order chi connectivity index (χ0) is 9.73. The van der Waals surface area contributed by atoms with Crippen molar-refractivity contribution in [3.05, 3.63) is 0 Å². The van der Waals surface area contributed by atoms with E-state index in [-0.39, 0.29) is 12.4 Å². The van der Waals surface area contributed by atoms with E-state index in [4.69, 9.17) is 5.11 Å². The third-order valence-electron chi connectivity index (χ3n) is 2.06. The number of unbranched alkanes of at least 4 members (excludes halogenated alkanes) is 1. The predicted molar refractivity (Wildman–Crippen MR) is 50.8 cm³/mol. The lowest BCUT2D eigenvalue weighted by molar-refractivity contribution is 0.285. The van der Waals surface area contributed by atoms with Gasteiger partial charge >= 0.3 is 0 Å². The second-order valence-corrected chi connectivity index (χ2v) is 5.40. The molecule has 0 aromatic heterocycles. The topological polar surface area (TPSA) is 66.4 Å². The van der Waals surface area contributed by atoms with Gasteiger partial charge in [0, 0.05) is 13.2 Å². The highest BCUT2D eigenvalue weighted by Gasteiger charge is 2.27. The van der Waals surface area contributed by atoms with E-state index in [1.54, 1.807) is 0 Å². The van der Waals surface area contributed by atoms with Crippen LogP contribution in [0.1, 0.15) is 25.7 Å². The maximum atomic E-state index is 11.3. The monoisotopic (exact) mass is 207 g/mol. The van der Waals surface area contributed by atoms with Crippen LogP contribution in [0.15, 0.2) is 0 Å². The molecule has 0 spiro atoms. The van der Waals surface area contributed by atoms with Crippen LogP contribution >= 0.6 is 0 Å². The number of sulfonamides is 1. The van der Waals surface area contributed by atoms with Crippen LogP contribution in [-0.2, 0) is 10.0 Å². The molecule has 0 aromatic carbocycles. The van der Waals surface area contributed by atoms with Gasteiger partial charge in [0.25, 0.3) is 0 Å². The number of hydrogen-bond donors (Lipinski definition) is 2. The number of rotatable bonds is 7. The van der Waals surface area contributed by atoms with Gasteiger partial charge in [-0.05, 0) is 31.6 Å². The van der Waals surface area contributed by atoms with Crippen LogP contribution in [0.5, 0.6) is 0 Å². The molecule has 1 saturated carbocycles. The van der Waals surface area contributed by atoms with Gasteiger partial charge in [-0.2, -0.15) is 0 Å². The molecule has 1 aliphatic carbocycles. The Morgan fingerprint density at radius 2 is 2.00 bits per heavy atom. The van der Waals surface area contributed by atoms with E-state index in [2.05, 4.69) is 4.72 Å². The van der Waals surface area contributed by atoms with Crippen molar-refractivity contribution in [2.75, 3.05) is 18.9 Å². The molecule has 0 aliphatic heterocycles. The van der Waals surface area contributed by atoms with Crippen molar-refractivity contribution >= 4 is 10.0 Å². The van der Waals surface area contributed by atoms with Crippen molar-refractivity contribution in [3.63, 3.8) is 0 Å². The molecule has 1 fully saturated rings. The third-order valence-corrected chi connectivity index (χ3v) is 3.61. The Hall–Kier alpha value is -0.130. The van der Waals surface area contributed by atoms with Gasteiger partial charge in [-0.15, -0.1) is 0 Å². The lowest BCUT2D eigenvalue weighted by Gasteiger charge is -2.04. The van der Waals surface area contributed by atoms with Gasteiger partial charge in [0.1, 0.15) is 0 Å². The molecule has 2 N–H and O–H groups in total. The van der Waals surface area contributed by atoms with Crippen LogP contribution in [0.25, 0.3) is 0 Å². The fourth-order valence-electron chi connectivity index (χ4n) is 1.12. The van der Waals surface area contributed by atoms with Crippen LogP contribution in [-0.4, -0.2) is 32.4 Å². The van der Waals surface area contributed by atoms with Gasteiger partial charge < -0.3 is 5.11 Å². The van der Waals surface area contributed by atoms with Crippen molar-refractivity contribution < 1.29 is 13.5 Å². The summed E-state index contributed by atoms with van der Waals surface area (Å²) in [5.41, 5.74) is 0. The second-order valence-electron chi connectivity index (χ2n) is 3.55. The number of nitrogens with one attached hydrogen (secondary N) is 1. The van der Waals surface area contributed by atoms with Gasteiger partial charge in [-0.3, -0.25) is 0 Å². The minimum Gasteiger partial charge on any atom is -0.396 e. The number of hydrogen-bond acceptors (Lipinski definition) is 3. The summed E-state index contributed by atoms with van der Waals surface area (Å²) in [6.45, 7) is 0.583. The summed E-state index contributed by atoms with van der Waals surface area (Å²) < 4.78 is 25.1. The van der Waals surface area contributed by atoms with Gasteiger partial charge in [-0.1, -0.05) is 0 Å². The number of aliphatic hydroxyl groups is 1. The maximum Gasteiger partial charge on any atom is 0.211 e. The Morgan fingerprint density at radius 3 is 2.54 bits per heavy atom. The minimum atomic E-state index is -3.03. The van der Waals surface area contributed by atoms with Crippen LogP contribution in [0.2, 0.25) is 0 Å². The van der Waals surface area contributed by atoms with Crippen molar-refractivity contribution in [1.29, 1.82) is 0 Å². The molecule has 0 amide bonds. The van der Waals surface area contributed by atoms with Gasteiger partial charge in [-0.25, -0.2) is 13.1 Å². The summed E-state index contributed by atoms with van der Waals surface area (Å²) in [5, 5.41) is 8.47. The Morgan fingerprint density at radius 1 is 1.31 bits per heavy atom. The summed E-state index contributed by atoms with van der Waals surface area (Å²) >= 11 is 0. The fraction of sp³-hybridized carbons (Fsp3) is 1.00. The van der Waals surface area contributed by atoms with Crippen LogP contribution in [0, 0.1) is 5.92 Å². The lowest BCUT2D eigenvalue weighted by atomic mass is 10.3. The van der Waals surface area contributed by atoms with Crippen molar-refractivity contribution in [2.24, 2.45) is 5.92 Å². The molecular weight excluding hydrogens is 190 g/mol. The first kappa shape index (κ1) is 10.9. The van der Waals surface area contributed by atoms with E-state index in [0.29, 0.717) is 25.3 Å². The molecule has 4 nitrogen and oxygen atoms in total. The molecule has 0 saturated heterocycles. The summed E-state index contributed by atoms with van der Waals surface area (Å²) in [6, 6.07) is 0. The van der Waals surface area contributed by atoms with E-state index in [9.17, 15) is 8.42 Å². The second kappa shape index (κ2) is 4.93. The lowest BCUT2D eigenvalue weighted by Crippen LogP contribution is -2.28. The summed E-state index contributed by atoms with van der Waals surface area (Å²) in [6.07, 6.45) is 3.47. The first-order chi connectivity index (χ1) is 6.14. The third kappa shape index (κ3) is 5.23. The highest BCUT2D eigenvalue weighted by atomic mass is 32.2. The van der Waals surface area contributed by atoms with Crippen molar-refractivity contribution in [2.45, 2.75) is 25.7 Å². The van der Waals surface area contributed by atoms with Gasteiger partial charge in [0.2, 0.25) is 10.0 Å². The predicted octanol–water partition coefficient (Wildman–Crippen LogP) is 0.0883. The SMILES string of the molecule is O=S(=O)(CC1CC1)NCCCCO. The summed E-state index contributed by atoms with van der Waals surface area (Å²) in [7, 11) is -3.03. The average Bonchev–Trinajstić information content (AvgIpc) is 2.81. The first-order valence-electron chi connectivity index (χ1n) is 4.72. The molecule has 0 atom stereocenters. The summed E-state index contributed by atoms with van der Waals surface area (Å²) in [4.78, 5) is 0. The molecule has 0 heterocycles. The Balaban J connectivity index is 2.10. The first-order valence-corrected chi connectivity index (χ1v) is 6.37. The molecule has 0 aromatic rings. The largest absolute Gasteiger partial charge is 0.396 e. The Kier molecular flexibility index (Phi) is 4.15. The van der Waals surface area contributed by atoms with E-state index < -0.39 is 10.0 Å². The smallest absolute Gasteiger partial charge is 0.211 e. The van der Waals surface area contributed by atoms with Crippen LogP contribution in [0.4, 0.5) is 0 Å². The van der Waals surface area contributed by atoms with E-state index in [1.165, 1.54) is 0 Å². The Bertz CT molecular complexity index is 234. The normalized spacial score (nSPS) is 17.6. The quantitative estimate of drug-likeness (QED) is 0.581. The van der Waals surface area contributed by atoms with Gasteiger partial charge in [0.05, 0.1) is 5.75 Å². The van der Waals surface area contributed by atoms with Crippen molar-refractivity contribution in [3.8, 4) is 0 Å². The van der Waals surface area contributed by atoms with Crippen LogP contribution in [0.3, 0.4) is 0 Å². The molecule has 13 heavy (non-hydrogen) atoms. The standard InChI is InChI=1S/C8H17NO3S/c10-6-2-1-5-9-13(11,12)7-8-3-4-8/h8-10H,1-7H2. The fourth-order valence-corrected chi connectivity index (χ4v) is 2.65. The van der Waals surface area contributed by atoms with E-state index in [1.807, 2.05) is 0 Å².